The van der Waals surface area contributed by atoms with Crippen LogP contribution in [-0.2, 0) is 6.42 Å². The van der Waals surface area contributed by atoms with E-state index in [0.717, 1.165) is 10.8 Å². The maximum atomic E-state index is 12.8. The second-order valence-electron chi connectivity index (χ2n) is 6.51. The molecule has 2 aromatic heterocycles. The van der Waals surface area contributed by atoms with Gasteiger partial charge in [0.2, 0.25) is 5.95 Å². The van der Waals surface area contributed by atoms with Crippen molar-refractivity contribution >= 4 is 22.5 Å². The van der Waals surface area contributed by atoms with Crippen LogP contribution in [0.5, 0.6) is 0 Å². The van der Waals surface area contributed by atoms with Crippen molar-refractivity contribution in [1.82, 2.24) is 19.7 Å². The highest BCUT2D eigenvalue weighted by molar-refractivity contribution is 6.06. The van der Waals surface area contributed by atoms with Gasteiger partial charge in [0, 0.05) is 23.4 Å². The second kappa shape index (κ2) is 7.11. The third kappa shape index (κ3) is 3.42. The maximum absolute atomic E-state index is 12.8. The minimum atomic E-state index is -0.263. The third-order valence-corrected chi connectivity index (χ3v) is 4.43. The topological polar surface area (TPSA) is 92.7 Å². The molecule has 0 saturated carbocycles. The molecule has 1 amide bonds. The Morgan fingerprint density at radius 1 is 1.11 bits per heavy atom. The van der Waals surface area contributed by atoms with Crippen molar-refractivity contribution in [2.45, 2.75) is 20.3 Å². The zero-order valence-corrected chi connectivity index (χ0v) is 15.6. The Kier molecular flexibility index (Phi) is 4.49. The van der Waals surface area contributed by atoms with E-state index >= 15 is 0 Å². The second-order valence-corrected chi connectivity index (χ2v) is 6.51. The summed E-state index contributed by atoms with van der Waals surface area (Å²) < 4.78 is 1.44. The van der Waals surface area contributed by atoms with E-state index in [1.807, 2.05) is 50.2 Å². The first kappa shape index (κ1) is 17.7. The molecule has 0 aliphatic heterocycles. The minimum absolute atomic E-state index is 0.262. The van der Waals surface area contributed by atoms with Crippen LogP contribution in [0.1, 0.15) is 28.7 Å². The molecule has 7 heteroatoms. The molecular formula is C21H19N5O2. The summed E-state index contributed by atoms with van der Waals surface area (Å²) in [7, 11) is 0. The van der Waals surface area contributed by atoms with E-state index in [9.17, 15) is 9.59 Å². The van der Waals surface area contributed by atoms with Crippen molar-refractivity contribution in [2.24, 2.45) is 0 Å². The fraction of sp³-hybridized carbons (Fsp3) is 0.143. The number of amides is 1. The number of carbonyl (C=O) groups excluding carboxylic acids is 1. The molecule has 0 unspecified atom stereocenters. The molecular weight excluding hydrogens is 354 g/mol. The zero-order valence-electron chi connectivity index (χ0n) is 15.6. The summed E-state index contributed by atoms with van der Waals surface area (Å²) in [5, 5.41) is 9.29. The predicted octanol–water partition coefficient (Wildman–Crippen LogP) is 3.23. The normalized spacial score (nSPS) is 10.9. The lowest BCUT2D eigenvalue weighted by Crippen LogP contribution is -2.19. The van der Waals surface area contributed by atoms with E-state index in [0.29, 0.717) is 29.2 Å². The van der Waals surface area contributed by atoms with Gasteiger partial charge in [-0.05, 0) is 36.2 Å². The summed E-state index contributed by atoms with van der Waals surface area (Å²) >= 11 is 0. The van der Waals surface area contributed by atoms with Gasteiger partial charge < -0.3 is 5.32 Å². The Hall–Kier alpha value is -3.74. The fourth-order valence-corrected chi connectivity index (χ4v) is 3.04. The largest absolute Gasteiger partial charge is 0.306 e. The van der Waals surface area contributed by atoms with Gasteiger partial charge in [0.15, 0.2) is 0 Å². The molecule has 0 atom stereocenters. The summed E-state index contributed by atoms with van der Waals surface area (Å²) in [6, 6.07) is 16.6. The van der Waals surface area contributed by atoms with Crippen molar-refractivity contribution in [3.63, 3.8) is 0 Å². The molecule has 4 aromatic rings. The quantitative estimate of drug-likeness (QED) is 0.574. The number of anilines is 1. The van der Waals surface area contributed by atoms with Gasteiger partial charge in [0.25, 0.3) is 11.5 Å². The molecule has 0 saturated heterocycles. The van der Waals surface area contributed by atoms with Gasteiger partial charge in [-0.1, -0.05) is 37.3 Å². The number of nitrogens with one attached hydrogen (secondary N) is 2. The molecule has 0 aliphatic carbocycles. The van der Waals surface area contributed by atoms with Crippen molar-refractivity contribution in [1.29, 1.82) is 0 Å². The van der Waals surface area contributed by atoms with E-state index < -0.39 is 0 Å². The van der Waals surface area contributed by atoms with Crippen molar-refractivity contribution < 1.29 is 4.79 Å². The Labute approximate surface area is 161 Å². The van der Waals surface area contributed by atoms with Crippen LogP contribution < -0.4 is 10.9 Å². The average molecular weight is 373 g/mol. The number of aromatic nitrogens is 4. The van der Waals surface area contributed by atoms with Gasteiger partial charge in [-0.15, -0.1) is 0 Å². The van der Waals surface area contributed by atoms with Crippen LogP contribution in [0.15, 0.2) is 59.4 Å². The summed E-state index contributed by atoms with van der Waals surface area (Å²) in [6.45, 7) is 3.73. The number of nitrogens with zero attached hydrogens (tertiary/aromatic N) is 3. The summed E-state index contributed by atoms with van der Waals surface area (Å²) in [5.74, 6) is 0.444. The van der Waals surface area contributed by atoms with E-state index in [1.165, 1.54) is 10.7 Å². The molecule has 2 N–H and O–H groups in total. The van der Waals surface area contributed by atoms with Crippen LogP contribution in [0, 0.1) is 6.92 Å². The highest BCUT2D eigenvalue weighted by Crippen LogP contribution is 2.19. The van der Waals surface area contributed by atoms with Gasteiger partial charge in [0.05, 0.1) is 5.69 Å². The number of fused-ring (bicyclic) bond motifs is 1. The SMILES string of the molecule is CCc1cc(=O)[nH]c(-n2nc(C)cc2NC(=O)c2ccc3ccccc3c2)n1. The van der Waals surface area contributed by atoms with Crippen molar-refractivity contribution in [3.05, 3.63) is 81.9 Å². The molecule has 140 valence electrons. The van der Waals surface area contributed by atoms with Crippen LogP contribution >= 0.6 is 0 Å². The zero-order chi connectivity index (χ0) is 19.7. The Morgan fingerprint density at radius 3 is 2.68 bits per heavy atom. The Bertz CT molecular complexity index is 1240. The van der Waals surface area contributed by atoms with Gasteiger partial charge in [-0.2, -0.15) is 9.78 Å². The molecule has 2 aromatic carbocycles. The summed E-state index contributed by atoms with van der Waals surface area (Å²) in [5.41, 5.74) is 1.62. The van der Waals surface area contributed by atoms with Crippen LogP contribution in [0.3, 0.4) is 0 Å². The lowest BCUT2D eigenvalue weighted by atomic mass is 10.1. The van der Waals surface area contributed by atoms with Crippen molar-refractivity contribution in [3.8, 4) is 5.95 Å². The maximum Gasteiger partial charge on any atom is 0.256 e. The number of aryl methyl sites for hydroxylation is 2. The molecule has 0 aliphatic rings. The van der Waals surface area contributed by atoms with Crippen LogP contribution in [-0.4, -0.2) is 25.7 Å². The van der Waals surface area contributed by atoms with Gasteiger partial charge in [-0.25, -0.2) is 4.98 Å². The van der Waals surface area contributed by atoms with Crippen LogP contribution in [0.2, 0.25) is 0 Å². The first-order valence-electron chi connectivity index (χ1n) is 9.01. The van der Waals surface area contributed by atoms with Crippen molar-refractivity contribution in [2.75, 3.05) is 5.32 Å². The summed E-state index contributed by atoms with van der Waals surface area (Å²) in [4.78, 5) is 31.8. The smallest absolute Gasteiger partial charge is 0.256 e. The Morgan fingerprint density at radius 2 is 1.89 bits per heavy atom. The molecule has 0 bridgehead atoms. The number of hydrogen-bond donors (Lipinski definition) is 2. The predicted molar refractivity (Wildman–Crippen MR) is 108 cm³/mol. The van der Waals surface area contributed by atoms with E-state index in [2.05, 4.69) is 20.4 Å². The molecule has 2 heterocycles. The molecule has 28 heavy (non-hydrogen) atoms. The van der Waals surface area contributed by atoms with Crippen LogP contribution in [0.25, 0.3) is 16.7 Å². The van der Waals surface area contributed by atoms with Gasteiger partial charge in [0.1, 0.15) is 5.82 Å². The summed E-state index contributed by atoms with van der Waals surface area (Å²) in [6.07, 6.45) is 0.621. The van der Waals surface area contributed by atoms with E-state index in [-0.39, 0.29) is 17.4 Å². The molecule has 0 spiro atoms. The number of carbonyl (C=O) groups is 1. The molecule has 4 rings (SSSR count). The monoisotopic (exact) mass is 373 g/mol. The first-order chi connectivity index (χ1) is 13.5. The third-order valence-electron chi connectivity index (χ3n) is 4.43. The van der Waals surface area contributed by atoms with E-state index in [1.54, 1.807) is 12.1 Å². The minimum Gasteiger partial charge on any atom is -0.306 e. The molecule has 7 nitrogen and oxygen atoms in total. The molecule has 0 radical (unpaired) electrons. The molecule has 0 fully saturated rings. The Balaban J connectivity index is 1.69. The number of aromatic amines is 1. The first-order valence-corrected chi connectivity index (χ1v) is 9.01. The lowest BCUT2D eigenvalue weighted by Gasteiger charge is -2.09. The fourth-order valence-electron chi connectivity index (χ4n) is 3.04. The standard InChI is InChI=1S/C21H19N5O2/c1-3-17-12-19(27)24-21(22-17)26-18(10-13(2)25-26)23-20(28)16-9-8-14-6-4-5-7-15(14)11-16/h4-12H,3H2,1-2H3,(H,23,28)(H,22,24,27). The number of hydrogen-bond acceptors (Lipinski definition) is 4. The van der Waals surface area contributed by atoms with E-state index in [4.69, 9.17) is 0 Å². The highest BCUT2D eigenvalue weighted by atomic mass is 16.1. The average Bonchev–Trinajstić information content (AvgIpc) is 3.07. The number of benzene rings is 2. The van der Waals surface area contributed by atoms with Gasteiger partial charge >= 0.3 is 0 Å². The lowest BCUT2D eigenvalue weighted by molar-refractivity contribution is 0.102. The van der Waals surface area contributed by atoms with Gasteiger partial charge in [-0.3, -0.25) is 14.6 Å². The highest BCUT2D eigenvalue weighted by Gasteiger charge is 2.15. The van der Waals surface area contributed by atoms with Crippen LogP contribution in [0.4, 0.5) is 5.82 Å². The number of H-pyrrole nitrogens is 1. The number of rotatable bonds is 4.